The summed E-state index contributed by atoms with van der Waals surface area (Å²) in [6, 6.07) is 19.1. The van der Waals surface area contributed by atoms with Gasteiger partial charge in [0, 0.05) is 12.4 Å². The second-order valence-electron chi connectivity index (χ2n) is 4.99. The molecule has 0 unspecified atom stereocenters. The van der Waals surface area contributed by atoms with Gasteiger partial charge in [0.1, 0.15) is 11.2 Å². The SMILES string of the molecule is c1ccc(C(=NNc2nc3ccccc3o2)c2ccccn2)nc1. The van der Waals surface area contributed by atoms with Crippen molar-refractivity contribution in [3.63, 3.8) is 0 Å². The van der Waals surface area contributed by atoms with Gasteiger partial charge in [0.2, 0.25) is 0 Å². The average Bonchev–Trinajstić information content (AvgIpc) is 3.07. The first-order valence-corrected chi connectivity index (χ1v) is 7.42. The van der Waals surface area contributed by atoms with Gasteiger partial charge in [-0.15, -0.1) is 0 Å². The van der Waals surface area contributed by atoms with Crippen LogP contribution < -0.4 is 5.43 Å². The highest BCUT2D eigenvalue weighted by atomic mass is 16.4. The number of hydrogen-bond acceptors (Lipinski definition) is 6. The molecule has 0 radical (unpaired) electrons. The number of pyridine rings is 2. The standard InChI is InChI=1S/C18H13N5O/c1-2-10-16-13(7-1)21-18(24-16)23-22-17(14-8-3-5-11-19-14)15-9-4-6-12-20-15/h1-12H,(H,21,23). The monoisotopic (exact) mass is 315 g/mol. The van der Waals surface area contributed by atoms with E-state index in [-0.39, 0.29) is 0 Å². The molecule has 0 atom stereocenters. The van der Waals surface area contributed by atoms with Gasteiger partial charge < -0.3 is 4.42 Å². The van der Waals surface area contributed by atoms with E-state index in [1.807, 2.05) is 60.7 Å². The molecule has 0 spiro atoms. The number of rotatable bonds is 4. The second-order valence-corrected chi connectivity index (χ2v) is 4.99. The molecular formula is C18H13N5O. The third-order valence-corrected chi connectivity index (χ3v) is 3.37. The lowest BCUT2D eigenvalue weighted by Gasteiger charge is -2.05. The summed E-state index contributed by atoms with van der Waals surface area (Å²) in [4.78, 5) is 13.0. The van der Waals surface area contributed by atoms with E-state index in [0.717, 1.165) is 5.52 Å². The molecule has 0 aliphatic carbocycles. The zero-order valence-electron chi connectivity index (χ0n) is 12.6. The summed E-state index contributed by atoms with van der Waals surface area (Å²) in [5.41, 5.74) is 6.36. The van der Waals surface area contributed by atoms with Crippen molar-refractivity contribution in [3.05, 3.63) is 84.4 Å². The summed E-state index contributed by atoms with van der Waals surface area (Å²) in [7, 11) is 0. The molecule has 6 heteroatoms. The zero-order valence-corrected chi connectivity index (χ0v) is 12.6. The quantitative estimate of drug-likeness (QED) is 0.461. The Hall–Kier alpha value is -3.54. The Bertz CT molecular complexity index is 905. The number of fused-ring (bicyclic) bond motifs is 1. The minimum atomic E-state index is 0.320. The molecule has 1 aromatic carbocycles. The van der Waals surface area contributed by atoms with Gasteiger partial charge in [-0.3, -0.25) is 9.97 Å². The van der Waals surface area contributed by atoms with Crippen LogP contribution in [0.4, 0.5) is 6.01 Å². The summed E-state index contributed by atoms with van der Waals surface area (Å²) in [6.07, 6.45) is 3.43. The molecule has 4 aromatic rings. The van der Waals surface area contributed by atoms with Crippen LogP contribution >= 0.6 is 0 Å². The van der Waals surface area contributed by atoms with E-state index >= 15 is 0 Å². The lowest BCUT2D eigenvalue weighted by Crippen LogP contribution is -2.10. The number of nitrogens with one attached hydrogen (secondary N) is 1. The zero-order chi connectivity index (χ0) is 16.2. The summed E-state index contributed by atoms with van der Waals surface area (Å²) >= 11 is 0. The molecule has 0 saturated carbocycles. The number of benzene rings is 1. The maximum atomic E-state index is 5.62. The molecular weight excluding hydrogens is 302 g/mol. The number of nitrogens with zero attached hydrogens (tertiary/aromatic N) is 4. The van der Waals surface area contributed by atoms with Crippen molar-refractivity contribution in [2.45, 2.75) is 0 Å². The molecule has 0 amide bonds. The van der Waals surface area contributed by atoms with Crippen LogP contribution in [0.3, 0.4) is 0 Å². The first kappa shape index (κ1) is 14.1. The smallest absolute Gasteiger partial charge is 0.316 e. The maximum absolute atomic E-state index is 5.62. The molecule has 6 nitrogen and oxygen atoms in total. The van der Waals surface area contributed by atoms with Crippen LogP contribution in [-0.4, -0.2) is 20.7 Å². The molecule has 4 rings (SSSR count). The Morgan fingerprint density at radius 2 is 1.50 bits per heavy atom. The first-order chi connectivity index (χ1) is 11.9. The number of anilines is 1. The lowest BCUT2D eigenvalue weighted by molar-refractivity contribution is 0.617. The Kier molecular flexibility index (Phi) is 3.69. The molecule has 0 bridgehead atoms. The van der Waals surface area contributed by atoms with Gasteiger partial charge >= 0.3 is 6.01 Å². The van der Waals surface area contributed by atoms with Crippen molar-refractivity contribution in [1.82, 2.24) is 15.0 Å². The number of aromatic nitrogens is 3. The highest BCUT2D eigenvalue weighted by Gasteiger charge is 2.10. The van der Waals surface area contributed by atoms with Crippen molar-refractivity contribution < 1.29 is 4.42 Å². The van der Waals surface area contributed by atoms with E-state index < -0.39 is 0 Å². The Labute approximate surface area is 137 Å². The fourth-order valence-electron chi connectivity index (χ4n) is 2.28. The lowest BCUT2D eigenvalue weighted by atomic mass is 10.1. The highest BCUT2D eigenvalue weighted by Crippen LogP contribution is 2.18. The molecule has 0 fully saturated rings. The van der Waals surface area contributed by atoms with Gasteiger partial charge in [0.15, 0.2) is 5.58 Å². The predicted molar refractivity (Wildman–Crippen MR) is 91.7 cm³/mol. The van der Waals surface area contributed by atoms with E-state index in [2.05, 4.69) is 25.5 Å². The van der Waals surface area contributed by atoms with Crippen molar-refractivity contribution in [2.75, 3.05) is 5.43 Å². The topological polar surface area (TPSA) is 76.2 Å². The molecule has 3 aromatic heterocycles. The Morgan fingerprint density at radius 1 is 0.833 bits per heavy atom. The third-order valence-electron chi connectivity index (χ3n) is 3.37. The van der Waals surface area contributed by atoms with E-state index in [1.165, 1.54) is 0 Å². The van der Waals surface area contributed by atoms with Gasteiger partial charge in [-0.1, -0.05) is 24.3 Å². The van der Waals surface area contributed by atoms with Crippen LogP contribution in [0, 0.1) is 0 Å². The van der Waals surface area contributed by atoms with Crippen molar-refractivity contribution >= 4 is 22.8 Å². The van der Waals surface area contributed by atoms with E-state index in [9.17, 15) is 0 Å². The molecule has 0 saturated heterocycles. The summed E-state index contributed by atoms with van der Waals surface area (Å²) in [5.74, 6) is 0. The fraction of sp³-hybridized carbons (Fsp3) is 0. The van der Waals surface area contributed by atoms with Gasteiger partial charge in [0.05, 0.1) is 11.4 Å². The summed E-state index contributed by atoms with van der Waals surface area (Å²) < 4.78 is 5.62. The van der Waals surface area contributed by atoms with Crippen LogP contribution in [0.15, 0.2) is 82.6 Å². The molecule has 1 N–H and O–H groups in total. The van der Waals surface area contributed by atoms with Crippen LogP contribution in [0.25, 0.3) is 11.1 Å². The van der Waals surface area contributed by atoms with Crippen LogP contribution in [0.2, 0.25) is 0 Å². The minimum absolute atomic E-state index is 0.320. The van der Waals surface area contributed by atoms with Crippen LogP contribution in [0.5, 0.6) is 0 Å². The fourth-order valence-corrected chi connectivity index (χ4v) is 2.28. The minimum Gasteiger partial charge on any atom is -0.422 e. The highest BCUT2D eigenvalue weighted by molar-refractivity contribution is 6.10. The summed E-state index contributed by atoms with van der Waals surface area (Å²) in [6.45, 7) is 0. The molecule has 3 heterocycles. The largest absolute Gasteiger partial charge is 0.422 e. The van der Waals surface area contributed by atoms with Crippen LogP contribution in [0.1, 0.15) is 11.4 Å². The second kappa shape index (κ2) is 6.29. The Balaban J connectivity index is 1.71. The van der Waals surface area contributed by atoms with Gasteiger partial charge in [-0.25, -0.2) is 5.43 Å². The van der Waals surface area contributed by atoms with E-state index in [4.69, 9.17) is 4.42 Å². The first-order valence-electron chi connectivity index (χ1n) is 7.42. The molecule has 0 aliphatic heterocycles. The molecule has 0 aliphatic rings. The van der Waals surface area contributed by atoms with E-state index in [0.29, 0.717) is 28.7 Å². The normalized spacial score (nSPS) is 10.5. The van der Waals surface area contributed by atoms with Gasteiger partial charge in [0.25, 0.3) is 0 Å². The van der Waals surface area contributed by atoms with Crippen molar-refractivity contribution in [3.8, 4) is 0 Å². The third kappa shape index (κ3) is 2.85. The van der Waals surface area contributed by atoms with Gasteiger partial charge in [-0.05, 0) is 36.4 Å². The van der Waals surface area contributed by atoms with E-state index in [1.54, 1.807) is 12.4 Å². The average molecular weight is 315 g/mol. The van der Waals surface area contributed by atoms with Crippen LogP contribution in [-0.2, 0) is 0 Å². The Morgan fingerprint density at radius 3 is 2.12 bits per heavy atom. The molecule has 116 valence electrons. The molecule has 24 heavy (non-hydrogen) atoms. The number of hydrazone groups is 1. The maximum Gasteiger partial charge on any atom is 0.316 e. The number of oxazole rings is 1. The predicted octanol–water partition coefficient (Wildman–Crippen LogP) is 3.48. The summed E-state index contributed by atoms with van der Waals surface area (Å²) in [5, 5.41) is 4.42. The number of hydrogen-bond donors (Lipinski definition) is 1. The van der Waals surface area contributed by atoms with Crippen molar-refractivity contribution in [1.29, 1.82) is 0 Å². The van der Waals surface area contributed by atoms with Crippen molar-refractivity contribution in [2.24, 2.45) is 5.10 Å². The number of para-hydroxylation sites is 2. The van der Waals surface area contributed by atoms with Gasteiger partial charge in [-0.2, -0.15) is 10.1 Å².